The molecule has 5 atom stereocenters. The van der Waals surface area contributed by atoms with Crippen LogP contribution < -0.4 is 5.32 Å². The molecule has 4 heteroatoms. The van der Waals surface area contributed by atoms with Crippen molar-refractivity contribution >= 4 is 17.5 Å². The van der Waals surface area contributed by atoms with Gasteiger partial charge in [-0.3, -0.25) is 4.79 Å². The van der Waals surface area contributed by atoms with Gasteiger partial charge in [0.2, 0.25) is 5.91 Å². The van der Waals surface area contributed by atoms with Crippen LogP contribution in [0.4, 0.5) is 0 Å². The van der Waals surface area contributed by atoms with Crippen molar-refractivity contribution in [3.63, 3.8) is 0 Å². The van der Waals surface area contributed by atoms with Crippen LogP contribution in [0.5, 0.6) is 0 Å². The lowest BCUT2D eigenvalue weighted by molar-refractivity contribution is -0.130. The molecule has 6 rings (SSSR count). The third-order valence-electron chi connectivity index (χ3n) is 8.91. The largest absolute Gasteiger partial charge is 0.343 e. The fourth-order valence-corrected chi connectivity index (χ4v) is 8.00. The summed E-state index contributed by atoms with van der Waals surface area (Å²) in [5.74, 6) is 1.99. The second-order valence-corrected chi connectivity index (χ2v) is 11.2. The summed E-state index contributed by atoms with van der Waals surface area (Å²) >= 11 is 6.20. The van der Waals surface area contributed by atoms with E-state index in [9.17, 15) is 4.79 Å². The van der Waals surface area contributed by atoms with E-state index in [-0.39, 0.29) is 5.91 Å². The third kappa shape index (κ3) is 3.53. The van der Waals surface area contributed by atoms with Crippen molar-refractivity contribution in [2.24, 2.45) is 17.3 Å². The van der Waals surface area contributed by atoms with Crippen LogP contribution >= 0.6 is 11.6 Å². The first-order valence-electron chi connectivity index (χ1n) is 11.7. The molecular formula is C25H35ClN2O. The van der Waals surface area contributed by atoms with Gasteiger partial charge in [-0.05, 0) is 98.7 Å². The highest BCUT2D eigenvalue weighted by Gasteiger charge is 2.59. The van der Waals surface area contributed by atoms with Gasteiger partial charge in [0.15, 0.2) is 0 Å². The van der Waals surface area contributed by atoms with Gasteiger partial charge in [0.25, 0.3) is 0 Å². The van der Waals surface area contributed by atoms with Crippen LogP contribution in [-0.2, 0) is 10.2 Å². The molecule has 158 valence electrons. The minimum Gasteiger partial charge on any atom is -0.343 e. The topological polar surface area (TPSA) is 32.3 Å². The summed E-state index contributed by atoms with van der Waals surface area (Å²) in [4.78, 5) is 13.6. The van der Waals surface area contributed by atoms with Crippen LogP contribution in [0.3, 0.4) is 0 Å². The lowest BCUT2D eigenvalue weighted by Crippen LogP contribution is -2.61. The number of carbonyl (C=O) groups excluding carboxylic acids is 1. The average Bonchev–Trinajstić information content (AvgIpc) is 2.68. The highest BCUT2D eigenvalue weighted by atomic mass is 35.5. The van der Waals surface area contributed by atoms with Gasteiger partial charge in [0.05, 0.1) is 0 Å². The number of hydrogen-bond acceptors (Lipinski definition) is 2. The summed E-state index contributed by atoms with van der Waals surface area (Å²) in [5.41, 5.74) is 2.33. The molecule has 4 saturated carbocycles. The van der Waals surface area contributed by atoms with Crippen LogP contribution in [0.25, 0.3) is 0 Å². The van der Waals surface area contributed by atoms with E-state index in [0.29, 0.717) is 22.9 Å². The molecule has 0 spiro atoms. The SMILES string of the molecule is CC(=O)N1CCC(N[C@@H](C)C23C[C@@H]4C[C@@H](CC(c5ccc(Cl)cc5)(C4)C2)C3)CC1. The molecule has 1 saturated heterocycles. The molecule has 1 N–H and O–H groups in total. The molecule has 29 heavy (non-hydrogen) atoms. The van der Waals surface area contributed by atoms with Crippen molar-refractivity contribution in [2.45, 2.75) is 82.7 Å². The van der Waals surface area contributed by atoms with Gasteiger partial charge in [0, 0.05) is 37.1 Å². The van der Waals surface area contributed by atoms with E-state index < -0.39 is 0 Å². The number of benzene rings is 1. The normalized spacial score (nSPS) is 37.7. The Morgan fingerprint density at radius 2 is 1.72 bits per heavy atom. The van der Waals surface area contributed by atoms with Crippen molar-refractivity contribution in [1.82, 2.24) is 10.2 Å². The Morgan fingerprint density at radius 1 is 1.10 bits per heavy atom. The molecule has 1 heterocycles. The zero-order valence-electron chi connectivity index (χ0n) is 17.9. The summed E-state index contributed by atoms with van der Waals surface area (Å²) in [6.45, 7) is 5.97. The molecule has 3 nitrogen and oxygen atoms in total. The van der Waals surface area contributed by atoms with Crippen LogP contribution in [0.2, 0.25) is 5.02 Å². The number of piperidine rings is 1. The summed E-state index contributed by atoms with van der Waals surface area (Å²) in [7, 11) is 0. The third-order valence-corrected chi connectivity index (χ3v) is 9.16. The molecule has 5 fully saturated rings. The standard InChI is InChI=1S/C25H35ClN2O/c1-17(27-23-7-9-28(10-8-23)18(2)29)24-12-19-11-20(13-24)15-25(14-19,16-24)21-3-5-22(26)6-4-21/h3-6,17,19-20,23,27H,7-16H2,1-2H3/t17-,19-,20+,24?,25?/m0/s1. The monoisotopic (exact) mass is 414 g/mol. The quantitative estimate of drug-likeness (QED) is 0.737. The van der Waals surface area contributed by atoms with E-state index in [1.165, 1.54) is 44.1 Å². The van der Waals surface area contributed by atoms with Gasteiger partial charge in [-0.15, -0.1) is 0 Å². The molecule has 1 aliphatic heterocycles. The zero-order chi connectivity index (χ0) is 20.2. The molecule has 1 aromatic carbocycles. The summed E-state index contributed by atoms with van der Waals surface area (Å²) in [6, 6.07) is 9.89. The van der Waals surface area contributed by atoms with E-state index >= 15 is 0 Å². The van der Waals surface area contributed by atoms with Gasteiger partial charge in [0.1, 0.15) is 0 Å². The number of carbonyl (C=O) groups is 1. The van der Waals surface area contributed by atoms with Crippen LogP contribution in [0.1, 0.15) is 70.8 Å². The first kappa shape index (κ1) is 19.9. The van der Waals surface area contributed by atoms with E-state index in [2.05, 4.69) is 36.5 Å². The van der Waals surface area contributed by atoms with Gasteiger partial charge in [-0.1, -0.05) is 23.7 Å². The van der Waals surface area contributed by atoms with Crippen LogP contribution in [-0.4, -0.2) is 36.0 Å². The Morgan fingerprint density at radius 3 is 2.31 bits per heavy atom. The lowest BCUT2D eigenvalue weighted by Gasteiger charge is -2.64. The maximum atomic E-state index is 11.6. The van der Waals surface area contributed by atoms with Crippen molar-refractivity contribution in [3.8, 4) is 0 Å². The van der Waals surface area contributed by atoms with E-state index in [0.717, 1.165) is 42.8 Å². The minimum absolute atomic E-state index is 0.225. The van der Waals surface area contributed by atoms with Crippen molar-refractivity contribution in [1.29, 1.82) is 0 Å². The summed E-state index contributed by atoms with van der Waals surface area (Å²) in [6.07, 6.45) is 10.5. The minimum atomic E-state index is 0.225. The first-order chi connectivity index (χ1) is 13.9. The Balaban J connectivity index is 1.33. The molecule has 1 aromatic rings. The highest BCUT2D eigenvalue weighted by Crippen LogP contribution is 2.66. The highest BCUT2D eigenvalue weighted by molar-refractivity contribution is 6.30. The van der Waals surface area contributed by atoms with E-state index in [1.54, 1.807) is 6.92 Å². The van der Waals surface area contributed by atoms with Gasteiger partial charge in [-0.2, -0.15) is 0 Å². The Kier molecular flexibility index (Phi) is 4.98. The van der Waals surface area contributed by atoms with E-state index in [4.69, 9.17) is 11.6 Å². The number of hydrogen-bond donors (Lipinski definition) is 1. The first-order valence-corrected chi connectivity index (χ1v) is 12.0. The molecule has 4 bridgehead atoms. The Hall–Kier alpha value is -1.06. The second-order valence-electron chi connectivity index (χ2n) is 10.8. The molecule has 2 unspecified atom stereocenters. The smallest absolute Gasteiger partial charge is 0.219 e. The van der Waals surface area contributed by atoms with Gasteiger partial charge in [-0.25, -0.2) is 0 Å². The number of nitrogens with zero attached hydrogens (tertiary/aromatic N) is 1. The fraction of sp³-hybridized carbons (Fsp3) is 0.720. The molecule has 0 aromatic heterocycles. The Labute approximate surface area is 180 Å². The second kappa shape index (κ2) is 7.27. The summed E-state index contributed by atoms with van der Waals surface area (Å²) < 4.78 is 0. The van der Waals surface area contributed by atoms with Gasteiger partial charge >= 0.3 is 0 Å². The fourth-order valence-electron chi connectivity index (χ4n) is 7.87. The summed E-state index contributed by atoms with van der Waals surface area (Å²) in [5, 5.41) is 4.90. The maximum Gasteiger partial charge on any atom is 0.219 e. The van der Waals surface area contributed by atoms with Crippen LogP contribution in [0.15, 0.2) is 24.3 Å². The van der Waals surface area contributed by atoms with Crippen LogP contribution in [0, 0.1) is 17.3 Å². The molecule has 4 aliphatic carbocycles. The predicted octanol–water partition coefficient (Wildman–Crippen LogP) is 5.17. The number of likely N-dealkylation sites (tertiary alicyclic amines) is 1. The molecule has 1 amide bonds. The molecule has 5 aliphatic rings. The number of nitrogens with one attached hydrogen (secondary N) is 1. The number of rotatable bonds is 4. The Bertz CT molecular complexity index is 754. The average molecular weight is 415 g/mol. The van der Waals surface area contributed by atoms with Crippen molar-refractivity contribution in [3.05, 3.63) is 34.9 Å². The van der Waals surface area contributed by atoms with Gasteiger partial charge < -0.3 is 10.2 Å². The lowest BCUT2D eigenvalue weighted by atomic mass is 9.41. The maximum absolute atomic E-state index is 11.6. The van der Waals surface area contributed by atoms with Crippen molar-refractivity contribution < 1.29 is 4.79 Å². The number of amides is 1. The predicted molar refractivity (Wildman–Crippen MR) is 118 cm³/mol. The number of halogens is 1. The van der Waals surface area contributed by atoms with Crippen molar-refractivity contribution in [2.75, 3.05) is 13.1 Å². The molecular weight excluding hydrogens is 380 g/mol. The van der Waals surface area contributed by atoms with E-state index in [1.807, 2.05) is 4.90 Å². The zero-order valence-corrected chi connectivity index (χ0v) is 18.7. The molecule has 0 radical (unpaired) electrons.